The zero-order valence-electron chi connectivity index (χ0n) is 11.5. The zero-order chi connectivity index (χ0) is 13.8. The second-order valence-corrected chi connectivity index (χ2v) is 4.49. The van der Waals surface area contributed by atoms with Crippen LogP contribution in [-0.4, -0.2) is 19.1 Å². The Morgan fingerprint density at radius 2 is 1.74 bits per heavy atom. The summed E-state index contributed by atoms with van der Waals surface area (Å²) in [5, 5.41) is 0. The van der Waals surface area contributed by atoms with E-state index in [0.29, 0.717) is 0 Å². The number of pyridine rings is 1. The molecule has 0 saturated carbocycles. The Balaban J connectivity index is 2.20. The second kappa shape index (κ2) is 5.71. The molecule has 0 amide bonds. The maximum atomic E-state index is 5.79. The molecule has 0 saturated heterocycles. The van der Waals surface area contributed by atoms with Crippen LogP contribution in [0.3, 0.4) is 0 Å². The highest BCUT2D eigenvalue weighted by molar-refractivity contribution is 5.62. The summed E-state index contributed by atoms with van der Waals surface area (Å²) in [5.41, 5.74) is 8.79. The summed E-state index contributed by atoms with van der Waals surface area (Å²) in [6.07, 6.45) is 1.84. The van der Waals surface area contributed by atoms with E-state index < -0.39 is 0 Å². The average Bonchev–Trinajstić information content (AvgIpc) is 2.46. The van der Waals surface area contributed by atoms with Gasteiger partial charge in [0.05, 0.1) is 24.7 Å². The summed E-state index contributed by atoms with van der Waals surface area (Å²) < 4.78 is 5.15. The molecule has 19 heavy (non-hydrogen) atoms. The third-order valence-electron chi connectivity index (χ3n) is 3.08. The van der Waals surface area contributed by atoms with Crippen LogP contribution in [-0.2, 0) is 0 Å². The maximum absolute atomic E-state index is 5.79. The van der Waals surface area contributed by atoms with E-state index in [1.807, 2.05) is 56.6 Å². The van der Waals surface area contributed by atoms with Gasteiger partial charge in [0.1, 0.15) is 5.75 Å². The van der Waals surface area contributed by atoms with E-state index in [2.05, 4.69) is 9.88 Å². The van der Waals surface area contributed by atoms with Gasteiger partial charge < -0.3 is 15.4 Å². The number of nitrogens with zero attached hydrogens (tertiary/aromatic N) is 2. The van der Waals surface area contributed by atoms with Crippen LogP contribution in [0.1, 0.15) is 18.7 Å². The van der Waals surface area contributed by atoms with Crippen molar-refractivity contribution < 1.29 is 4.74 Å². The minimum absolute atomic E-state index is 0.0413. The number of anilines is 2. The molecule has 2 N–H and O–H groups in total. The van der Waals surface area contributed by atoms with Crippen LogP contribution < -0.4 is 15.4 Å². The quantitative estimate of drug-likeness (QED) is 0.915. The van der Waals surface area contributed by atoms with Gasteiger partial charge in [-0.2, -0.15) is 0 Å². The Morgan fingerprint density at radius 1 is 1.11 bits per heavy atom. The van der Waals surface area contributed by atoms with Gasteiger partial charge >= 0.3 is 0 Å². The monoisotopic (exact) mass is 257 g/mol. The highest BCUT2D eigenvalue weighted by Gasteiger charge is 2.06. The summed E-state index contributed by atoms with van der Waals surface area (Å²) in [7, 11) is 3.67. The number of hydrogen-bond donors (Lipinski definition) is 1. The lowest BCUT2D eigenvalue weighted by Crippen LogP contribution is -2.11. The number of nitrogens with two attached hydrogens (primary N) is 1. The lowest BCUT2D eigenvalue weighted by atomic mass is 10.2. The number of aromatic nitrogens is 1. The standard InChI is InChI=1S/C15H19N3O/c1-11(16)15-9-6-13(10-17-15)18(2)12-4-7-14(19-3)8-5-12/h4-11H,16H2,1-3H3/t11-/m0/s1. The third kappa shape index (κ3) is 3.03. The fourth-order valence-electron chi connectivity index (χ4n) is 1.82. The molecule has 0 spiro atoms. The minimum atomic E-state index is -0.0413. The largest absolute Gasteiger partial charge is 0.497 e. The number of benzene rings is 1. The lowest BCUT2D eigenvalue weighted by molar-refractivity contribution is 0.415. The third-order valence-corrected chi connectivity index (χ3v) is 3.08. The molecule has 0 aliphatic carbocycles. The first-order valence-corrected chi connectivity index (χ1v) is 6.21. The highest BCUT2D eigenvalue weighted by atomic mass is 16.5. The lowest BCUT2D eigenvalue weighted by Gasteiger charge is -2.20. The molecular formula is C15H19N3O. The molecular weight excluding hydrogens is 238 g/mol. The average molecular weight is 257 g/mol. The van der Waals surface area contributed by atoms with Gasteiger partial charge in [-0.25, -0.2) is 0 Å². The van der Waals surface area contributed by atoms with Crippen molar-refractivity contribution in [3.8, 4) is 5.75 Å². The van der Waals surface area contributed by atoms with Crippen molar-refractivity contribution in [1.29, 1.82) is 0 Å². The fourth-order valence-corrected chi connectivity index (χ4v) is 1.82. The predicted octanol–water partition coefficient (Wildman–Crippen LogP) is 2.88. The summed E-state index contributed by atoms with van der Waals surface area (Å²) in [5.74, 6) is 0.850. The van der Waals surface area contributed by atoms with Gasteiger partial charge in [0.25, 0.3) is 0 Å². The van der Waals surface area contributed by atoms with Crippen LogP contribution in [0.2, 0.25) is 0 Å². The van der Waals surface area contributed by atoms with Crippen LogP contribution in [0, 0.1) is 0 Å². The molecule has 1 heterocycles. The Bertz CT molecular complexity index is 520. The molecule has 0 bridgehead atoms. The molecule has 0 fully saturated rings. The molecule has 4 heteroatoms. The van der Waals surface area contributed by atoms with Gasteiger partial charge in [0.2, 0.25) is 0 Å². The van der Waals surface area contributed by atoms with Gasteiger partial charge in [-0.3, -0.25) is 4.98 Å². The van der Waals surface area contributed by atoms with Crippen LogP contribution >= 0.6 is 0 Å². The molecule has 2 aromatic rings. The molecule has 1 atom stereocenters. The molecule has 0 unspecified atom stereocenters. The Labute approximate surface area is 113 Å². The van der Waals surface area contributed by atoms with E-state index in [1.54, 1.807) is 7.11 Å². The van der Waals surface area contributed by atoms with Gasteiger partial charge in [-0.15, -0.1) is 0 Å². The summed E-state index contributed by atoms with van der Waals surface area (Å²) in [6, 6.07) is 11.8. The van der Waals surface area contributed by atoms with Crippen molar-refractivity contribution in [1.82, 2.24) is 4.98 Å². The van der Waals surface area contributed by atoms with Crippen molar-refractivity contribution in [2.24, 2.45) is 5.73 Å². The minimum Gasteiger partial charge on any atom is -0.497 e. The molecule has 2 rings (SSSR count). The Hall–Kier alpha value is -2.07. The van der Waals surface area contributed by atoms with Crippen LogP contribution in [0.4, 0.5) is 11.4 Å². The molecule has 4 nitrogen and oxygen atoms in total. The summed E-state index contributed by atoms with van der Waals surface area (Å²) in [6.45, 7) is 1.93. The van der Waals surface area contributed by atoms with E-state index in [4.69, 9.17) is 10.5 Å². The van der Waals surface area contributed by atoms with Crippen molar-refractivity contribution in [3.63, 3.8) is 0 Å². The maximum Gasteiger partial charge on any atom is 0.119 e. The molecule has 0 radical (unpaired) electrons. The summed E-state index contributed by atoms with van der Waals surface area (Å²) in [4.78, 5) is 6.43. The smallest absolute Gasteiger partial charge is 0.119 e. The second-order valence-electron chi connectivity index (χ2n) is 4.49. The Morgan fingerprint density at radius 3 is 2.21 bits per heavy atom. The predicted molar refractivity (Wildman–Crippen MR) is 77.9 cm³/mol. The van der Waals surface area contributed by atoms with Crippen molar-refractivity contribution in [3.05, 3.63) is 48.3 Å². The van der Waals surface area contributed by atoms with E-state index in [9.17, 15) is 0 Å². The number of ether oxygens (including phenoxy) is 1. The van der Waals surface area contributed by atoms with Crippen LogP contribution in [0.15, 0.2) is 42.6 Å². The molecule has 1 aromatic heterocycles. The SMILES string of the molecule is COc1ccc(N(C)c2ccc([C@H](C)N)nc2)cc1. The van der Waals surface area contributed by atoms with Gasteiger partial charge in [-0.05, 0) is 43.3 Å². The van der Waals surface area contributed by atoms with Crippen LogP contribution in [0.25, 0.3) is 0 Å². The van der Waals surface area contributed by atoms with E-state index in [-0.39, 0.29) is 6.04 Å². The highest BCUT2D eigenvalue weighted by Crippen LogP contribution is 2.25. The summed E-state index contributed by atoms with van der Waals surface area (Å²) >= 11 is 0. The van der Waals surface area contributed by atoms with Crippen molar-refractivity contribution >= 4 is 11.4 Å². The molecule has 0 aliphatic rings. The van der Waals surface area contributed by atoms with E-state index in [1.165, 1.54) is 0 Å². The van der Waals surface area contributed by atoms with Gasteiger partial charge in [0.15, 0.2) is 0 Å². The Kier molecular flexibility index (Phi) is 4.02. The zero-order valence-corrected chi connectivity index (χ0v) is 11.5. The first kappa shape index (κ1) is 13.4. The van der Waals surface area contributed by atoms with Crippen LogP contribution in [0.5, 0.6) is 5.75 Å². The van der Waals surface area contributed by atoms with E-state index >= 15 is 0 Å². The number of hydrogen-bond acceptors (Lipinski definition) is 4. The molecule has 1 aromatic carbocycles. The van der Waals surface area contributed by atoms with Gasteiger partial charge in [0, 0.05) is 18.8 Å². The number of rotatable bonds is 4. The number of methoxy groups -OCH3 is 1. The normalized spacial score (nSPS) is 12.0. The van der Waals surface area contributed by atoms with Crippen molar-refractivity contribution in [2.45, 2.75) is 13.0 Å². The molecule has 0 aliphatic heterocycles. The van der Waals surface area contributed by atoms with E-state index in [0.717, 1.165) is 22.8 Å². The molecule has 100 valence electrons. The van der Waals surface area contributed by atoms with Gasteiger partial charge in [-0.1, -0.05) is 0 Å². The fraction of sp³-hybridized carbons (Fsp3) is 0.267. The first-order valence-electron chi connectivity index (χ1n) is 6.21. The topological polar surface area (TPSA) is 51.4 Å². The first-order chi connectivity index (χ1) is 9.11. The van der Waals surface area contributed by atoms with Crippen molar-refractivity contribution in [2.75, 3.05) is 19.1 Å².